The molecule has 1 heterocycles. The van der Waals surface area contributed by atoms with Crippen LogP contribution in [0.3, 0.4) is 0 Å². The van der Waals surface area contributed by atoms with E-state index in [0.29, 0.717) is 12.6 Å². The number of rotatable bonds is 6. The monoisotopic (exact) mass is 276 g/mol. The van der Waals surface area contributed by atoms with Crippen LogP contribution >= 0.6 is 0 Å². The van der Waals surface area contributed by atoms with Crippen LogP contribution in [0.5, 0.6) is 0 Å². The third-order valence-electron chi connectivity index (χ3n) is 3.86. The van der Waals surface area contributed by atoms with E-state index in [2.05, 4.69) is 16.4 Å². The molecule has 110 valence electrons. The Bertz CT molecular complexity index is 408. The molecule has 0 aliphatic heterocycles. The van der Waals surface area contributed by atoms with Gasteiger partial charge in [-0.2, -0.15) is 0 Å². The van der Waals surface area contributed by atoms with Gasteiger partial charge in [-0.25, -0.2) is 0 Å². The maximum atomic E-state index is 11.8. The zero-order chi connectivity index (χ0) is 14.2. The Balaban J connectivity index is 1.71. The van der Waals surface area contributed by atoms with Crippen molar-refractivity contribution < 1.29 is 9.53 Å². The molecule has 1 aliphatic carbocycles. The molecule has 1 aromatic heterocycles. The fourth-order valence-electron chi connectivity index (χ4n) is 2.82. The second-order valence-electron chi connectivity index (χ2n) is 5.38. The Morgan fingerprint density at radius 2 is 2.40 bits per heavy atom. The number of pyridine rings is 1. The standard InChI is InChI=1S/C16H24N2O2/c1-2-20-16(19)14-6-3-7-15(11-14)18-10-8-13-5-4-9-17-12-13/h4-5,9,12,14-15,18H,2-3,6-8,10-11H2,1H3. The molecule has 1 aliphatic rings. The molecule has 2 rings (SSSR count). The zero-order valence-corrected chi connectivity index (χ0v) is 12.2. The van der Waals surface area contributed by atoms with E-state index in [-0.39, 0.29) is 11.9 Å². The van der Waals surface area contributed by atoms with Crippen LogP contribution in [-0.2, 0) is 16.0 Å². The van der Waals surface area contributed by atoms with Gasteiger partial charge in [0.2, 0.25) is 0 Å². The minimum absolute atomic E-state index is 0.0220. The highest BCUT2D eigenvalue weighted by atomic mass is 16.5. The minimum atomic E-state index is -0.0220. The number of aromatic nitrogens is 1. The summed E-state index contributed by atoms with van der Waals surface area (Å²) in [6.45, 7) is 3.28. The maximum Gasteiger partial charge on any atom is 0.308 e. The van der Waals surface area contributed by atoms with Gasteiger partial charge in [0, 0.05) is 18.4 Å². The summed E-state index contributed by atoms with van der Waals surface area (Å²) in [7, 11) is 0. The van der Waals surface area contributed by atoms with Crippen molar-refractivity contribution in [3.05, 3.63) is 30.1 Å². The molecule has 1 N–H and O–H groups in total. The molecule has 2 atom stereocenters. The summed E-state index contributed by atoms with van der Waals surface area (Å²) in [6.07, 6.45) is 8.82. The highest BCUT2D eigenvalue weighted by Crippen LogP contribution is 2.25. The summed E-state index contributed by atoms with van der Waals surface area (Å²) < 4.78 is 5.13. The van der Waals surface area contributed by atoms with Crippen LogP contribution in [0.1, 0.15) is 38.2 Å². The minimum Gasteiger partial charge on any atom is -0.466 e. The molecule has 0 aromatic carbocycles. The van der Waals surface area contributed by atoms with Crippen LogP contribution in [0.15, 0.2) is 24.5 Å². The Kier molecular flexibility index (Phi) is 5.99. The summed E-state index contributed by atoms with van der Waals surface area (Å²) in [5.74, 6) is 0.0610. The normalized spacial score (nSPS) is 22.4. The quantitative estimate of drug-likeness (QED) is 0.810. The molecular formula is C16H24N2O2. The number of ether oxygens (including phenoxy) is 1. The van der Waals surface area contributed by atoms with Crippen molar-refractivity contribution >= 4 is 5.97 Å². The van der Waals surface area contributed by atoms with Gasteiger partial charge in [-0.1, -0.05) is 12.5 Å². The highest BCUT2D eigenvalue weighted by Gasteiger charge is 2.27. The van der Waals surface area contributed by atoms with Gasteiger partial charge in [0.05, 0.1) is 12.5 Å². The molecule has 4 nitrogen and oxygen atoms in total. The Morgan fingerprint density at radius 1 is 1.50 bits per heavy atom. The smallest absolute Gasteiger partial charge is 0.308 e. The van der Waals surface area contributed by atoms with E-state index in [4.69, 9.17) is 4.74 Å². The van der Waals surface area contributed by atoms with Crippen molar-refractivity contribution in [3.8, 4) is 0 Å². The van der Waals surface area contributed by atoms with Crippen molar-refractivity contribution in [1.82, 2.24) is 10.3 Å². The first-order valence-electron chi connectivity index (χ1n) is 7.58. The van der Waals surface area contributed by atoms with Crippen LogP contribution in [0, 0.1) is 5.92 Å². The summed E-state index contributed by atoms with van der Waals surface area (Å²) in [6, 6.07) is 4.50. The molecule has 0 saturated heterocycles. The van der Waals surface area contributed by atoms with Crippen molar-refractivity contribution in [2.24, 2.45) is 5.92 Å². The molecule has 1 saturated carbocycles. The summed E-state index contributed by atoms with van der Waals surface area (Å²) >= 11 is 0. The number of esters is 1. The van der Waals surface area contributed by atoms with Gasteiger partial charge in [-0.15, -0.1) is 0 Å². The van der Waals surface area contributed by atoms with Gasteiger partial charge >= 0.3 is 5.97 Å². The Hall–Kier alpha value is -1.42. The summed E-state index contributed by atoms with van der Waals surface area (Å²) in [5, 5.41) is 3.56. The van der Waals surface area contributed by atoms with E-state index >= 15 is 0 Å². The van der Waals surface area contributed by atoms with Crippen molar-refractivity contribution in [1.29, 1.82) is 0 Å². The lowest BCUT2D eigenvalue weighted by Crippen LogP contribution is -2.37. The molecule has 2 unspecified atom stereocenters. The maximum absolute atomic E-state index is 11.8. The molecule has 0 radical (unpaired) electrons. The van der Waals surface area contributed by atoms with Crippen molar-refractivity contribution in [3.63, 3.8) is 0 Å². The van der Waals surface area contributed by atoms with E-state index in [1.807, 2.05) is 19.2 Å². The number of carbonyl (C=O) groups is 1. The van der Waals surface area contributed by atoms with Gasteiger partial charge in [-0.05, 0) is 50.8 Å². The highest BCUT2D eigenvalue weighted by molar-refractivity contribution is 5.72. The van der Waals surface area contributed by atoms with Crippen LogP contribution in [0.25, 0.3) is 0 Å². The predicted octanol–water partition coefficient (Wildman–Crippen LogP) is 2.34. The average Bonchev–Trinajstić information content (AvgIpc) is 2.49. The van der Waals surface area contributed by atoms with Crippen LogP contribution in [-0.4, -0.2) is 30.1 Å². The first kappa shape index (κ1) is 15.0. The van der Waals surface area contributed by atoms with Crippen LogP contribution in [0.2, 0.25) is 0 Å². The number of hydrogen-bond donors (Lipinski definition) is 1. The van der Waals surface area contributed by atoms with Crippen LogP contribution < -0.4 is 5.32 Å². The fraction of sp³-hybridized carbons (Fsp3) is 0.625. The average molecular weight is 276 g/mol. The summed E-state index contributed by atoms with van der Waals surface area (Å²) in [4.78, 5) is 15.9. The Morgan fingerprint density at radius 3 is 3.15 bits per heavy atom. The topological polar surface area (TPSA) is 51.2 Å². The van der Waals surface area contributed by atoms with Crippen LogP contribution in [0.4, 0.5) is 0 Å². The number of carbonyl (C=O) groups excluding carboxylic acids is 1. The lowest BCUT2D eigenvalue weighted by atomic mass is 9.85. The Labute approximate surface area is 120 Å². The van der Waals surface area contributed by atoms with E-state index in [0.717, 1.165) is 38.6 Å². The lowest BCUT2D eigenvalue weighted by molar-refractivity contribution is -0.149. The van der Waals surface area contributed by atoms with E-state index < -0.39 is 0 Å². The lowest BCUT2D eigenvalue weighted by Gasteiger charge is -2.28. The van der Waals surface area contributed by atoms with E-state index in [1.54, 1.807) is 6.20 Å². The number of hydrogen-bond acceptors (Lipinski definition) is 4. The molecule has 1 fully saturated rings. The summed E-state index contributed by atoms with van der Waals surface area (Å²) in [5.41, 5.74) is 1.25. The SMILES string of the molecule is CCOC(=O)C1CCCC(NCCc2cccnc2)C1. The van der Waals surface area contributed by atoms with Gasteiger partial charge < -0.3 is 10.1 Å². The second-order valence-corrected chi connectivity index (χ2v) is 5.38. The molecule has 0 amide bonds. The molecular weight excluding hydrogens is 252 g/mol. The van der Waals surface area contributed by atoms with Gasteiger partial charge in [-0.3, -0.25) is 9.78 Å². The first-order chi connectivity index (χ1) is 9.79. The van der Waals surface area contributed by atoms with Gasteiger partial charge in [0.25, 0.3) is 0 Å². The van der Waals surface area contributed by atoms with Crippen molar-refractivity contribution in [2.45, 2.75) is 45.1 Å². The van der Waals surface area contributed by atoms with Gasteiger partial charge in [0.15, 0.2) is 0 Å². The van der Waals surface area contributed by atoms with Gasteiger partial charge in [0.1, 0.15) is 0 Å². The molecule has 0 bridgehead atoms. The van der Waals surface area contributed by atoms with Crippen molar-refractivity contribution in [2.75, 3.05) is 13.2 Å². The zero-order valence-electron chi connectivity index (χ0n) is 12.2. The number of nitrogens with one attached hydrogen (secondary N) is 1. The van der Waals surface area contributed by atoms with E-state index in [1.165, 1.54) is 5.56 Å². The second kappa shape index (κ2) is 8.00. The number of nitrogens with zero attached hydrogens (tertiary/aromatic N) is 1. The fourth-order valence-corrected chi connectivity index (χ4v) is 2.82. The first-order valence-corrected chi connectivity index (χ1v) is 7.58. The largest absolute Gasteiger partial charge is 0.466 e. The molecule has 4 heteroatoms. The molecule has 1 aromatic rings. The molecule has 20 heavy (non-hydrogen) atoms. The third kappa shape index (κ3) is 4.60. The van der Waals surface area contributed by atoms with E-state index in [9.17, 15) is 4.79 Å². The predicted molar refractivity (Wildman–Crippen MR) is 78.3 cm³/mol. The molecule has 0 spiro atoms. The third-order valence-corrected chi connectivity index (χ3v) is 3.86.